The molecule has 0 spiro atoms. The van der Waals surface area contributed by atoms with E-state index < -0.39 is 0 Å². The van der Waals surface area contributed by atoms with E-state index in [4.69, 9.17) is 4.74 Å². The number of ether oxygens (including phenoxy) is 1. The Morgan fingerprint density at radius 1 is 1.50 bits per heavy atom. The largest absolute Gasteiger partial charge is 0.481 e. The highest BCUT2D eigenvalue weighted by atomic mass is 16.5. The first-order valence-electron chi connectivity index (χ1n) is 6.51. The van der Waals surface area contributed by atoms with Crippen LogP contribution in [0.3, 0.4) is 0 Å². The second-order valence-corrected chi connectivity index (χ2v) is 4.91. The molecule has 0 radical (unpaired) electrons. The molecule has 4 heteroatoms. The molecule has 1 amide bonds. The molecule has 1 aliphatic carbocycles. The van der Waals surface area contributed by atoms with Gasteiger partial charge < -0.3 is 10.1 Å². The number of amides is 1. The van der Waals surface area contributed by atoms with Gasteiger partial charge in [-0.25, -0.2) is 4.98 Å². The summed E-state index contributed by atoms with van der Waals surface area (Å²) in [6.45, 7) is 2.02. The Labute approximate surface area is 108 Å². The molecule has 1 aromatic heterocycles. The maximum absolute atomic E-state index is 12.1. The number of nitrogens with zero attached hydrogens (tertiary/aromatic N) is 1. The predicted molar refractivity (Wildman–Crippen MR) is 70.5 cm³/mol. The number of pyridine rings is 1. The van der Waals surface area contributed by atoms with Crippen molar-refractivity contribution in [2.45, 2.75) is 32.6 Å². The summed E-state index contributed by atoms with van der Waals surface area (Å²) in [5.74, 6) is 1.22. The van der Waals surface area contributed by atoms with Gasteiger partial charge in [-0.1, -0.05) is 19.8 Å². The van der Waals surface area contributed by atoms with Gasteiger partial charge in [-0.15, -0.1) is 0 Å². The van der Waals surface area contributed by atoms with E-state index in [9.17, 15) is 4.79 Å². The summed E-state index contributed by atoms with van der Waals surface area (Å²) >= 11 is 0. The van der Waals surface area contributed by atoms with E-state index >= 15 is 0 Å². The second kappa shape index (κ2) is 5.85. The highest BCUT2D eigenvalue weighted by Gasteiger charge is 2.26. The smallest absolute Gasteiger partial charge is 0.227 e. The Bertz CT molecular complexity index is 414. The van der Waals surface area contributed by atoms with Gasteiger partial charge >= 0.3 is 0 Å². The van der Waals surface area contributed by atoms with Crippen molar-refractivity contribution in [3.63, 3.8) is 0 Å². The summed E-state index contributed by atoms with van der Waals surface area (Å²) in [6.07, 6.45) is 6.49. The fourth-order valence-corrected chi connectivity index (χ4v) is 2.53. The normalized spacial score (nSPS) is 17.4. The van der Waals surface area contributed by atoms with E-state index in [0.29, 0.717) is 11.8 Å². The molecule has 0 aromatic carbocycles. The number of nitrogens with one attached hydrogen (secondary N) is 1. The molecule has 2 rings (SSSR count). The zero-order valence-corrected chi connectivity index (χ0v) is 11.0. The van der Waals surface area contributed by atoms with Gasteiger partial charge in [0.25, 0.3) is 0 Å². The Hall–Kier alpha value is -1.58. The third-order valence-corrected chi connectivity index (χ3v) is 3.73. The summed E-state index contributed by atoms with van der Waals surface area (Å²) in [6, 6.07) is 3.51. The van der Waals surface area contributed by atoms with Crippen molar-refractivity contribution < 1.29 is 9.53 Å². The van der Waals surface area contributed by atoms with Gasteiger partial charge in [0.1, 0.15) is 0 Å². The van der Waals surface area contributed by atoms with Crippen LogP contribution < -0.4 is 10.1 Å². The molecule has 1 heterocycles. The number of methoxy groups -OCH3 is 1. The molecule has 4 nitrogen and oxygen atoms in total. The first-order valence-corrected chi connectivity index (χ1v) is 6.51. The summed E-state index contributed by atoms with van der Waals surface area (Å²) < 4.78 is 5.03. The van der Waals surface area contributed by atoms with Crippen molar-refractivity contribution in [2.24, 2.45) is 11.8 Å². The first kappa shape index (κ1) is 12.9. The molecule has 0 saturated heterocycles. The van der Waals surface area contributed by atoms with Gasteiger partial charge in [-0.05, 0) is 24.8 Å². The van der Waals surface area contributed by atoms with E-state index in [1.807, 2.05) is 6.92 Å². The lowest BCUT2D eigenvalue weighted by Crippen LogP contribution is -2.25. The molecular formula is C14H20N2O2. The van der Waals surface area contributed by atoms with Crippen LogP contribution in [0.4, 0.5) is 5.69 Å². The molecule has 1 N–H and O–H groups in total. The quantitative estimate of drug-likeness (QED) is 0.891. The fourth-order valence-electron chi connectivity index (χ4n) is 2.53. The van der Waals surface area contributed by atoms with E-state index in [0.717, 1.165) is 5.69 Å². The summed E-state index contributed by atoms with van der Waals surface area (Å²) in [4.78, 5) is 16.1. The number of hydrogen-bond acceptors (Lipinski definition) is 3. The number of rotatable bonds is 4. The second-order valence-electron chi connectivity index (χ2n) is 4.91. The van der Waals surface area contributed by atoms with Gasteiger partial charge in [-0.2, -0.15) is 0 Å². The highest BCUT2D eigenvalue weighted by molar-refractivity contribution is 5.92. The van der Waals surface area contributed by atoms with Crippen LogP contribution in [0.15, 0.2) is 18.3 Å². The van der Waals surface area contributed by atoms with Crippen molar-refractivity contribution in [1.82, 2.24) is 4.98 Å². The van der Waals surface area contributed by atoms with Crippen LogP contribution in [-0.2, 0) is 4.79 Å². The third-order valence-electron chi connectivity index (χ3n) is 3.73. The minimum Gasteiger partial charge on any atom is -0.481 e. The molecule has 1 saturated carbocycles. The van der Waals surface area contributed by atoms with Crippen molar-refractivity contribution in [3.8, 4) is 5.88 Å². The monoisotopic (exact) mass is 248 g/mol. The van der Waals surface area contributed by atoms with E-state index in [-0.39, 0.29) is 11.8 Å². The molecule has 18 heavy (non-hydrogen) atoms. The molecule has 98 valence electrons. The maximum atomic E-state index is 12.1. The average molecular weight is 248 g/mol. The highest BCUT2D eigenvalue weighted by Crippen LogP contribution is 2.31. The standard InChI is InChI=1S/C14H20N2O2/c1-10(11-5-3-4-6-11)14(17)16-12-7-8-15-13(9-12)18-2/h7-11H,3-6H2,1-2H3,(H,15,16,17). The number of carbonyl (C=O) groups excluding carboxylic acids is 1. The van der Waals surface area contributed by atoms with E-state index in [1.165, 1.54) is 25.7 Å². The van der Waals surface area contributed by atoms with Gasteiger partial charge in [0.05, 0.1) is 7.11 Å². The molecule has 1 unspecified atom stereocenters. The third kappa shape index (κ3) is 3.00. The van der Waals surface area contributed by atoms with Crippen LogP contribution in [0.1, 0.15) is 32.6 Å². The van der Waals surface area contributed by atoms with Crippen LogP contribution in [0, 0.1) is 11.8 Å². The molecule has 1 fully saturated rings. The van der Waals surface area contributed by atoms with E-state index in [1.54, 1.807) is 25.4 Å². The van der Waals surface area contributed by atoms with Crippen LogP contribution in [0.25, 0.3) is 0 Å². The average Bonchev–Trinajstić information content (AvgIpc) is 2.92. The van der Waals surface area contributed by atoms with Gasteiger partial charge in [0, 0.05) is 23.9 Å². The lowest BCUT2D eigenvalue weighted by Gasteiger charge is -2.18. The van der Waals surface area contributed by atoms with Gasteiger partial charge in [0.2, 0.25) is 11.8 Å². The number of carbonyl (C=O) groups is 1. The zero-order chi connectivity index (χ0) is 13.0. The minimum absolute atomic E-state index is 0.0756. The molecule has 1 aromatic rings. The van der Waals surface area contributed by atoms with E-state index in [2.05, 4.69) is 10.3 Å². The topological polar surface area (TPSA) is 51.2 Å². The Kier molecular flexibility index (Phi) is 4.18. The van der Waals surface area contributed by atoms with Crippen LogP contribution in [0.2, 0.25) is 0 Å². The lowest BCUT2D eigenvalue weighted by molar-refractivity contribution is -0.120. The Morgan fingerprint density at radius 2 is 2.22 bits per heavy atom. The Morgan fingerprint density at radius 3 is 2.89 bits per heavy atom. The molecule has 1 atom stereocenters. The fraction of sp³-hybridized carbons (Fsp3) is 0.571. The number of hydrogen-bond donors (Lipinski definition) is 1. The molecule has 0 aliphatic heterocycles. The zero-order valence-electron chi connectivity index (χ0n) is 11.0. The predicted octanol–water partition coefficient (Wildman–Crippen LogP) is 2.86. The molecular weight excluding hydrogens is 228 g/mol. The van der Waals surface area contributed by atoms with Gasteiger partial charge in [0.15, 0.2) is 0 Å². The maximum Gasteiger partial charge on any atom is 0.227 e. The lowest BCUT2D eigenvalue weighted by atomic mass is 9.92. The summed E-state index contributed by atoms with van der Waals surface area (Å²) in [5, 5.41) is 2.93. The summed E-state index contributed by atoms with van der Waals surface area (Å²) in [7, 11) is 1.56. The van der Waals surface area contributed by atoms with Crippen LogP contribution >= 0.6 is 0 Å². The SMILES string of the molecule is COc1cc(NC(=O)C(C)C2CCCC2)ccn1. The van der Waals surface area contributed by atoms with Crippen molar-refractivity contribution in [3.05, 3.63) is 18.3 Å². The number of aromatic nitrogens is 1. The first-order chi connectivity index (χ1) is 8.70. The Balaban J connectivity index is 1.97. The van der Waals surface area contributed by atoms with Crippen LogP contribution in [-0.4, -0.2) is 18.0 Å². The van der Waals surface area contributed by atoms with Crippen LogP contribution in [0.5, 0.6) is 5.88 Å². The molecule has 1 aliphatic rings. The van der Waals surface area contributed by atoms with Crippen molar-refractivity contribution >= 4 is 11.6 Å². The van der Waals surface area contributed by atoms with Crippen molar-refractivity contribution in [2.75, 3.05) is 12.4 Å². The number of anilines is 1. The van der Waals surface area contributed by atoms with Crippen molar-refractivity contribution in [1.29, 1.82) is 0 Å². The summed E-state index contributed by atoms with van der Waals surface area (Å²) in [5.41, 5.74) is 0.747. The minimum atomic E-state index is 0.0756. The molecule has 0 bridgehead atoms. The van der Waals surface area contributed by atoms with Gasteiger partial charge in [-0.3, -0.25) is 4.79 Å².